The largest absolute Gasteiger partial charge is 0.391 e. The van der Waals surface area contributed by atoms with E-state index in [9.17, 15) is 22.4 Å². The van der Waals surface area contributed by atoms with Gasteiger partial charge in [0.15, 0.2) is 0 Å². The normalized spacial score (nSPS) is 16.0. The number of aromatic nitrogens is 3. The Morgan fingerprint density at radius 3 is 2.59 bits per heavy atom. The molecular formula is C22H17ClF4N4O. The van der Waals surface area contributed by atoms with Gasteiger partial charge in [-0.2, -0.15) is 18.3 Å². The fourth-order valence-corrected chi connectivity index (χ4v) is 4.06. The Hall–Kier alpha value is -3.20. The highest BCUT2D eigenvalue weighted by molar-refractivity contribution is 6.30. The summed E-state index contributed by atoms with van der Waals surface area (Å²) in [6, 6.07) is 6.34. The average Bonchev–Trinajstić information content (AvgIpc) is 3.10. The van der Waals surface area contributed by atoms with E-state index in [4.69, 9.17) is 11.6 Å². The zero-order valence-corrected chi connectivity index (χ0v) is 17.4. The number of carbonyl (C=O) groups is 1. The molecule has 0 fully saturated rings. The molecule has 0 N–H and O–H groups in total. The molecule has 2 aromatic heterocycles. The van der Waals surface area contributed by atoms with E-state index in [2.05, 4.69) is 16.7 Å². The SMILES string of the molecule is C=CC(=O)N1Cc2c(-c3ccncc3)c(-c3ccc(Cl)cc3F)nn2C[C@H]1CC(F)(F)F. The Balaban J connectivity index is 1.90. The highest BCUT2D eigenvalue weighted by Gasteiger charge is 2.40. The molecule has 1 aliphatic rings. The van der Waals surface area contributed by atoms with Crippen molar-refractivity contribution in [3.8, 4) is 22.4 Å². The van der Waals surface area contributed by atoms with E-state index in [0.717, 1.165) is 17.0 Å². The zero-order chi connectivity index (χ0) is 23.0. The van der Waals surface area contributed by atoms with E-state index in [-0.39, 0.29) is 29.4 Å². The molecule has 5 nitrogen and oxygen atoms in total. The van der Waals surface area contributed by atoms with Crippen molar-refractivity contribution in [2.45, 2.75) is 31.7 Å². The first-order chi connectivity index (χ1) is 15.2. The molecule has 3 aromatic rings. The minimum Gasteiger partial charge on any atom is -0.328 e. The third kappa shape index (κ3) is 4.25. The molecular weight excluding hydrogens is 448 g/mol. The molecule has 0 bridgehead atoms. The average molecular weight is 465 g/mol. The van der Waals surface area contributed by atoms with Crippen molar-refractivity contribution in [1.29, 1.82) is 0 Å². The van der Waals surface area contributed by atoms with Gasteiger partial charge >= 0.3 is 6.18 Å². The summed E-state index contributed by atoms with van der Waals surface area (Å²) < 4.78 is 55.8. The van der Waals surface area contributed by atoms with Crippen LogP contribution >= 0.6 is 11.6 Å². The summed E-state index contributed by atoms with van der Waals surface area (Å²) in [5.74, 6) is -1.24. The Morgan fingerprint density at radius 1 is 1.25 bits per heavy atom. The topological polar surface area (TPSA) is 51.0 Å². The molecule has 0 radical (unpaired) electrons. The first-order valence-electron chi connectivity index (χ1n) is 9.63. The molecule has 0 unspecified atom stereocenters. The lowest BCUT2D eigenvalue weighted by molar-refractivity contribution is -0.156. The van der Waals surface area contributed by atoms with Gasteiger partial charge in [0.25, 0.3) is 0 Å². The molecule has 1 aliphatic heterocycles. The van der Waals surface area contributed by atoms with Gasteiger partial charge in [0.2, 0.25) is 5.91 Å². The predicted molar refractivity (Wildman–Crippen MR) is 111 cm³/mol. The molecule has 0 saturated carbocycles. The minimum atomic E-state index is -4.48. The van der Waals surface area contributed by atoms with Crippen LogP contribution in [-0.4, -0.2) is 37.8 Å². The first kappa shape index (κ1) is 22.0. The lowest BCUT2D eigenvalue weighted by atomic mass is 9.97. The molecule has 0 aliphatic carbocycles. The van der Waals surface area contributed by atoms with Gasteiger partial charge in [0.05, 0.1) is 31.2 Å². The second-order valence-corrected chi connectivity index (χ2v) is 7.79. The number of fused-ring (bicyclic) bond motifs is 1. The fraction of sp³-hybridized carbons (Fsp3) is 0.227. The van der Waals surface area contributed by atoms with Crippen LogP contribution in [0.2, 0.25) is 5.02 Å². The van der Waals surface area contributed by atoms with E-state index in [0.29, 0.717) is 16.8 Å². The monoisotopic (exact) mass is 464 g/mol. The quantitative estimate of drug-likeness (QED) is 0.391. The highest BCUT2D eigenvalue weighted by Crippen LogP contribution is 2.39. The number of hydrogen-bond donors (Lipinski definition) is 0. The Bertz CT molecular complexity index is 1180. The molecule has 0 spiro atoms. The number of alkyl halides is 3. The number of hydrogen-bond acceptors (Lipinski definition) is 3. The van der Waals surface area contributed by atoms with Crippen molar-refractivity contribution in [3.63, 3.8) is 0 Å². The van der Waals surface area contributed by atoms with E-state index in [1.54, 1.807) is 24.5 Å². The van der Waals surface area contributed by atoms with Crippen molar-refractivity contribution in [2.75, 3.05) is 0 Å². The zero-order valence-electron chi connectivity index (χ0n) is 16.6. The van der Waals surface area contributed by atoms with Gasteiger partial charge in [-0.1, -0.05) is 18.2 Å². The van der Waals surface area contributed by atoms with Crippen molar-refractivity contribution in [1.82, 2.24) is 19.7 Å². The van der Waals surface area contributed by atoms with Crippen molar-refractivity contribution < 1.29 is 22.4 Å². The van der Waals surface area contributed by atoms with E-state index >= 15 is 0 Å². The maximum absolute atomic E-state index is 14.8. The van der Waals surface area contributed by atoms with Crippen LogP contribution in [0.1, 0.15) is 12.1 Å². The lowest BCUT2D eigenvalue weighted by Gasteiger charge is -2.36. The second kappa shape index (κ2) is 8.38. The number of pyridine rings is 1. The molecule has 1 aromatic carbocycles. The van der Waals surface area contributed by atoms with Gasteiger partial charge in [0.1, 0.15) is 11.5 Å². The van der Waals surface area contributed by atoms with Gasteiger partial charge in [0, 0.05) is 28.5 Å². The number of amides is 1. The molecule has 32 heavy (non-hydrogen) atoms. The van der Waals surface area contributed by atoms with Crippen LogP contribution in [0.5, 0.6) is 0 Å². The maximum atomic E-state index is 14.8. The number of benzene rings is 1. The summed E-state index contributed by atoms with van der Waals surface area (Å²) in [6.45, 7) is 3.08. The lowest BCUT2D eigenvalue weighted by Crippen LogP contribution is -2.47. The summed E-state index contributed by atoms with van der Waals surface area (Å²) in [6.07, 6.45) is -1.59. The minimum absolute atomic E-state index is 0.133. The summed E-state index contributed by atoms with van der Waals surface area (Å²) in [5, 5.41) is 4.67. The van der Waals surface area contributed by atoms with Crippen LogP contribution in [-0.2, 0) is 17.9 Å². The first-order valence-corrected chi connectivity index (χ1v) is 10.0. The third-order valence-corrected chi connectivity index (χ3v) is 5.52. The van der Waals surface area contributed by atoms with Gasteiger partial charge < -0.3 is 4.90 Å². The molecule has 3 heterocycles. The molecule has 166 valence electrons. The van der Waals surface area contributed by atoms with E-state index in [1.807, 2.05) is 0 Å². The Morgan fingerprint density at radius 2 is 1.97 bits per heavy atom. The van der Waals surface area contributed by atoms with Crippen LogP contribution in [0.25, 0.3) is 22.4 Å². The smallest absolute Gasteiger partial charge is 0.328 e. The van der Waals surface area contributed by atoms with Crippen molar-refractivity contribution >= 4 is 17.5 Å². The van der Waals surface area contributed by atoms with Gasteiger partial charge in [-0.05, 0) is 42.0 Å². The Labute approximate surface area is 185 Å². The van der Waals surface area contributed by atoms with Gasteiger partial charge in [-0.3, -0.25) is 14.5 Å². The molecule has 1 atom stereocenters. The molecule has 1 amide bonds. The van der Waals surface area contributed by atoms with Crippen LogP contribution < -0.4 is 0 Å². The number of carbonyl (C=O) groups excluding carboxylic acids is 1. The number of rotatable bonds is 4. The van der Waals surface area contributed by atoms with Crippen molar-refractivity contribution in [2.24, 2.45) is 0 Å². The van der Waals surface area contributed by atoms with Crippen LogP contribution in [0, 0.1) is 5.82 Å². The second-order valence-electron chi connectivity index (χ2n) is 7.36. The Kier molecular flexibility index (Phi) is 5.77. The van der Waals surface area contributed by atoms with Crippen LogP contribution in [0.4, 0.5) is 17.6 Å². The maximum Gasteiger partial charge on any atom is 0.391 e. The molecule has 4 rings (SSSR count). The van der Waals surface area contributed by atoms with Crippen LogP contribution in [0.15, 0.2) is 55.4 Å². The standard InChI is InChI=1S/C22H17ClF4N4O/c1-2-19(32)30-12-18-20(13-5-7-28-8-6-13)21(16-4-3-14(23)9-17(16)24)29-31(18)11-15(30)10-22(25,26)27/h2-9,15H,1,10-12H2/t15-/m1/s1. The van der Waals surface area contributed by atoms with Crippen LogP contribution in [0.3, 0.4) is 0 Å². The predicted octanol–water partition coefficient (Wildman–Crippen LogP) is 5.25. The summed E-state index contributed by atoms with van der Waals surface area (Å²) in [5.41, 5.74) is 2.05. The molecule has 10 heteroatoms. The van der Waals surface area contributed by atoms with Crippen molar-refractivity contribution in [3.05, 3.63) is 71.9 Å². The summed E-state index contributed by atoms with van der Waals surface area (Å²) >= 11 is 5.88. The third-order valence-electron chi connectivity index (χ3n) is 5.28. The highest BCUT2D eigenvalue weighted by atomic mass is 35.5. The van der Waals surface area contributed by atoms with Gasteiger partial charge in [-0.15, -0.1) is 0 Å². The number of halogens is 5. The summed E-state index contributed by atoms with van der Waals surface area (Å²) in [4.78, 5) is 17.5. The number of nitrogens with zero attached hydrogens (tertiary/aromatic N) is 4. The van der Waals surface area contributed by atoms with Gasteiger partial charge in [-0.25, -0.2) is 4.39 Å². The van der Waals surface area contributed by atoms with E-state index < -0.39 is 30.4 Å². The van der Waals surface area contributed by atoms with E-state index in [1.165, 1.54) is 16.8 Å². The fourth-order valence-electron chi connectivity index (χ4n) is 3.91. The summed E-state index contributed by atoms with van der Waals surface area (Å²) in [7, 11) is 0. The molecule has 0 saturated heterocycles.